The molecule has 0 aliphatic carbocycles. The lowest BCUT2D eigenvalue weighted by molar-refractivity contribution is 0.0971. The van der Waals surface area contributed by atoms with E-state index in [9.17, 15) is 4.79 Å². The van der Waals surface area contributed by atoms with Crippen molar-refractivity contribution in [3.05, 3.63) is 66.1 Å². The molecule has 7 heteroatoms. The number of nitriles is 1. The van der Waals surface area contributed by atoms with Crippen LogP contribution in [0.2, 0.25) is 0 Å². The molecule has 0 radical (unpaired) electrons. The lowest BCUT2D eigenvalue weighted by Gasteiger charge is -2.32. The first-order valence-electron chi connectivity index (χ1n) is 9.62. The Morgan fingerprint density at radius 2 is 2.03 bits per heavy atom. The zero-order valence-corrected chi connectivity index (χ0v) is 15.9. The largest absolute Gasteiger partial charge is 0.470 e. The Hall–Kier alpha value is -3.66. The lowest BCUT2D eigenvalue weighted by atomic mass is 10.0. The third-order valence-electron chi connectivity index (χ3n) is 5.02. The van der Waals surface area contributed by atoms with Gasteiger partial charge in [-0.15, -0.1) is 0 Å². The summed E-state index contributed by atoms with van der Waals surface area (Å²) in [5, 5.41) is 14.4. The Morgan fingerprint density at radius 3 is 2.93 bits per heavy atom. The molecule has 1 atom stereocenters. The van der Waals surface area contributed by atoms with Gasteiger partial charge in [-0.1, -0.05) is 42.5 Å². The number of piperidine rings is 1. The van der Waals surface area contributed by atoms with Crippen LogP contribution in [0.4, 0.5) is 4.79 Å². The normalized spacial score (nSPS) is 16.2. The summed E-state index contributed by atoms with van der Waals surface area (Å²) in [5.41, 5.74) is 1.24. The predicted octanol–water partition coefficient (Wildman–Crippen LogP) is 3.25. The van der Waals surface area contributed by atoms with Gasteiger partial charge in [-0.3, -0.25) is 0 Å². The van der Waals surface area contributed by atoms with Crippen molar-refractivity contribution in [3.8, 4) is 11.9 Å². The molecular weight excluding hydrogens is 366 g/mol. The third kappa shape index (κ3) is 4.27. The summed E-state index contributed by atoms with van der Waals surface area (Å²) in [6.07, 6.45) is 4.37. The number of hydrogen-bond donors (Lipinski definition) is 1. The van der Waals surface area contributed by atoms with Crippen LogP contribution in [-0.2, 0) is 6.54 Å². The summed E-state index contributed by atoms with van der Waals surface area (Å²) in [6.45, 7) is 1.58. The van der Waals surface area contributed by atoms with E-state index >= 15 is 0 Å². The van der Waals surface area contributed by atoms with E-state index in [1.165, 1.54) is 12.4 Å². The minimum absolute atomic E-state index is 0.120. The number of ether oxygens (including phenoxy) is 1. The lowest BCUT2D eigenvalue weighted by Crippen LogP contribution is -2.48. The summed E-state index contributed by atoms with van der Waals surface area (Å²) < 4.78 is 5.86. The smallest absolute Gasteiger partial charge is 0.317 e. The summed E-state index contributed by atoms with van der Waals surface area (Å²) >= 11 is 0. The molecule has 2 heterocycles. The molecule has 1 aromatic heterocycles. The average molecular weight is 387 g/mol. The molecule has 1 fully saturated rings. The molecule has 0 spiro atoms. The van der Waals surface area contributed by atoms with E-state index in [0.29, 0.717) is 19.6 Å². The Morgan fingerprint density at radius 1 is 1.21 bits per heavy atom. The summed E-state index contributed by atoms with van der Waals surface area (Å²) in [4.78, 5) is 22.5. The first kappa shape index (κ1) is 18.7. The standard InChI is InChI=1S/C22H21N5O2/c23-13-20-21(25-11-10-24-20)29-18-8-4-12-27(15-18)22(28)26-14-17-7-3-6-16-5-1-2-9-19(16)17/h1-3,5-7,9-11,18H,4,8,12,14-15H2,(H,26,28). The molecule has 3 aromatic rings. The van der Waals surface area contributed by atoms with E-state index in [1.807, 2.05) is 30.3 Å². The number of urea groups is 1. The summed E-state index contributed by atoms with van der Waals surface area (Å²) in [5.74, 6) is 0.220. The molecule has 2 aromatic carbocycles. The van der Waals surface area contributed by atoms with Crippen molar-refractivity contribution in [3.63, 3.8) is 0 Å². The van der Waals surface area contributed by atoms with Crippen molar-refractivity contribution in [2.75, 3.05) is 13.1 Å². The number of carbonyl (C=O) groups excluding carboxylic acids is 1. The van der Waals surface area contributed by atoms with Gasteiger partial charge >= 0.3 is 6.03 Å². The predicted molar refractivity (Wildman–Crippen MR) is 108 cm³/mol. The van der Waals surface area contributed by atoms with Gasteiger partial charge in [0.05, 0.1) is 6.54 Å². The van der Waals surface area contributed by atoms with Crippen LogP contribution in [-0.4, -0.2) is 40.1 Å². The van der Waals surface area contributed by atoms with Crippen LogP contribution in [0.15, 0.2) is 54.9 Å². The SMILES string of the molecule is N#Cc1nccnc1OC1CCCN(C(=O)NCc2cccc3ccccc23)C1. The fraction of sp³-hybridized carbons (Fsp3) is 0.273. The van der Waals surface area contributed by atoms with Gasteiger partial charge in [-0.05, 0) is 29.2 Å². The molecular formula is C22H21N5O2. The van der Waals surface area contributed by atoms with Gasteiger partial charge < -0.3 is 15.0 Å². The Balaban J connectivity index is 1.38. The van der Waals surface area contributed by atoms with Gasteiger partial charge in [0.25, 0.3) is 5.88 Å². The zero-order valence-electron chi connectivity index (χ0n) is 15.9. The minimum Gasteiger partial charge on any atom is -0.470 e. The highest BCUT2D eigenvalue weighted by atomic mass is 16.5. The Kier molecular flexibility index (Phi) is 5.52. The number of fused-ring (bicyclic) bond motifs is 1. The molecule has 0 bridgehead atoms. The number of nitrogens with zero attached hydrogens (tertiary/aromatic N) is 4. The number of rotatable bonds is 4. The number of benzene rings is 2. The molecule has 7 nitrogen and oxygen atoms in total. The highest BCUT2D eigenvalue weighted by Crippen LogP contribution is 2.20. The molecule has 29 heavy (non-hydrogen) atoms. The molecule has 1 saturated heterocycles. The zero-order chi connectivity index (χ0) is 20.1. The van der Waals surface area contributed by atoms with E-state index in [4.69, 9.17) is 10.00 Å². The van der Waals surface area contributed by atoms with Gasteiger partial charge in [0.15, 0.2) is 0 Å². The maximum atomic E-state index is 12.7. The molecule has 1 aliphatic rings. The summed E-state index contributed by atoms with van der Waals surface area (Å²) in [7, 11) is 0. The molecule has 1 aliphatic heterocycles. The average Bonchev–Trinajstić information content (AvgIpc) is 2.78. The van der Waals surface area contributed by atoms with E-state index in [-0.39, 0.29) is 23.7 Å². The summed E-state index contributed by atoms with van der Waals surface area (Å²) in [6, 6.07) is 16.1. The van der Waals surface area contributed by atoms with E-state index in [2.05, 4.69) is 33.5 Å². The van der Waals surface area contributed by atoms with Crippen molar-refractivity contribution >= 4 is 16.8 Å². The first-order valence-corrected chi connectivity index (χ1v) is 9.62. The monoisotopic (exact) mass is 387 g/mol. The molecule has 1 unspecified atom stereocenters. The number of hydrogen-bond acceptors (Lipinski definition) is 5. The molecule has 4 rings (SSSR count). The van der Waals surface area contributed by atoms with Crippen molar-refractivity contribution in [1.29, 1.82) is 5.26 Å². The van der Waals surface area contributed by atoms with E-state index in [0.717, 1.165) is 29.2 Å². The minimum atomic E-state index is -0.212. The van der Waals surface area contributed by atoms with Crippen molar-refractivity contribution in [2.45, 2.75) is 25.5 Å². The second kappa shape index (κ2) is 8.57. The van der Waals surface area contributed by atoms with Gasteiger partial charge in [0.1, 0.15) is 12.2 Å². The van der Waals surface area contributed by atoms with Crippen LogP contribution >= 0.6 is 0 Å². The van der Waals surface area contributed by atoms with E-state index < -0.39 is 0 Å². The highest BCUT2D eigenvalue weighted by molar-refractivity contribution is 5.86. The van der Waals surface area contributed by atoms with Crippen LogP contribution in [0.1, 0.15) is 24.1 Å². The van der Waals surface area contributed by atoms with Crippen molar-refractivity contribution < 1.29 is 9.53 Å². The number of nitrogens with one attached hydrogen (secondary N) is 1. The van der Waals surface area contributed by atoms with E-state index in [1.54, 1.807) is 4.90 Å². The van der Waals surface area contributed by atoms with Crippen molar-refractivity contribution in [1.82, 2.24) is 20.2 Å². The Labute approximate surface area is 169 Å². The fourth-order valence-electron chi connectivity index (χ4n) is 3.59. The molecule has 146 valence electrons. The maximum absolute atomic E-state index is 12.7. The Bertz CT molecular complexity index is 1060. The van der Waals surface area contributed by atoms with Gasteiger partial charge in [0.2, 0.25) is 5.69 Å². The maximum Gasteiger partial charge on any atom is 0.317 e. The van der Waals surface area contributed by atoms with Gasteiger partial charge in [-0.2, -0.15) is 5.26 Å². The number of likely N-dealkylation sites (tertiary alicyclic amines) is 1. The van der Waals surface area contributed by atoms with Gasteiger partial charge in [0, 0.05) is 25.5 Å². The fourth-order valence-corrected chi connectivity index (χ4v) is 3.59. The molecule has 0 saturated carbocycles. The molecule has 1 N–H and O–H groups in total. The van der Waals surface area contributed by atoms with Gasteiger partial charge in [-0.25, -0.2) is 14.8 Å². The molecule has 2 amide bonds. The quantitative estimate of drug-likeness (QED) is 0.742. The topological polar surface area (TPSA) is 91.1 Å². The number of amides is 2. The first-order chi connectivity index (χ1) is 14.2. The van der Waals surface area contributed by atoms with Crippen LogP contribution in [0, 0.1) is 11.3 Å². The second-order valence-electron chi connectivity index (χ2n) is 6.95. The number of carbonyl (C=O) groups is 1. The highest BCUT2D eigenvalue weighted by Gasteiger charge is 2.26. The second-order valence-corrected chi connectivity index (χ2v) is 6.95. The van der Waals surface area contributed by atoms with Crippen LogP contribution in [0.25, 0.3) is 10.8 Å². The van der Waals surface area contributed by atoms with Crippen LogP contribution < -0.4 is 10.1 Å². The third-order valence-corrected chi connectivity index (χ3v) is 5.02. The number of aromatic nitrogens is 2. The van der Waals surface area contributed by atoms with Crippen LogP contribution in [0.3, 0.4) is 0 Å². The van der Waals surface area contributed by atoms with Crippen molar-refractivity contribution in [2.24, 2.45) is 0 Å². The van der Waals surface area contributed by atoms with Crippen LogP contribution in [0.5, 0.6) is 5.88 Å².